The van der Waals surface area contributed by atoms with Crippen molar-refractivity contribution in [2.75, 3.05) is 21.9 Å². The van der Waals surface area contributed by atoms with Crippen molar-refractivity contribution in [2.24, 2.45) is 0 Å². The van der Waals surface area contributed by atoms with E-state index in [9.17, 15) is 13.2 Å². The molecule has 0 bridgehead atoms. The molecule has 126 valence electrons. The van der Waals surface area contributed by atoms with Gasteiger partial charge in [0.1, 0.15) is 0 Å². The van der Waals surface area contributed by atoms with Gasteiger partial charge >= 0.3 is 0 Å². The van der Waals surface area contributed by atoms with E-state index in [-0.39, 0.29) is 10.8 Å². The fourth-order valence-corrected chi connectivity index (χ4v) is 4.43. The molecule has 1 saturated heterocycles. The summed E-state index contributed by atoms with van der Waals surface area (Å²) < 4.78 is 25.3. The number of carbonyl (C=O) groups is 1. The number of nitrogens with one attached hydrogen (secondary N) is 1. The molecule has 2 aromatic carbocycles. The van der Waals surface area contributed by atoms with Crippen LogP contribution < -0.4 is 9.62 Å². The number of hydrogen-bond donors (Lipinski definition) is 1. The maximum atomic E-state index is 12.4. The largest absolute Gasteiger partial charge is 0.321 e. The highest BCUT2D eigenvalue weighted by Gasteiger charge is 2.28. The van der Waals surface area contributed by atoms with E-state index in [4.69, 9.17) is 23.2 Å². The van der Waals surface area contributed by atoms with Crippen LogP contribution in [0.15, 0.2) is 42.5 Å². The Balaban J connectivity index is 1.86. The van der Waals surface area contributed by atoms with Gasteiger partial charge in [-0.2, -0.15) is 0 Å². The molecule has 3 rings (SSSR count). The highest BCUT2D eigenvalue weighted by molar-refractivity contribution is 7.93. The summed E-state index contributed by atoms with van der Waals surface area (Å²) >= 11 is 12.0. The summed E-state index contributed by atoms with van der Waals surface area (Å²) in [6, 6.07) is 11.4. The lowest BCUT2D eigenvalue weighted by Gasteiger charge is -2.17. The first-order valence-electron chi connectivity index (χ1n) is 7.24. The molecule has 2 aromatic rings. The summed E-state index contributed by atoms with van der Waals surface area (Å²) in [5, 5.41) is 3.28. The van der Waals surface area contributed by atoms with Crippen molar-refractivity contribution in [3.63, 3.8) is 0 Å². The molecule has 0 spiro atoms. The molecule has 0 unspecified atom stereocenters. The Labute approximate surface area is 150 Å². The second kappa shape index (κ2) is 6.63. The molecule has 1 N–H and O–H groups in total. The van der Waals surface area contributed by atoms with Crippen LogP contribution in [-0.4, -0.2) is 26.6 Å². The molecule has 0 saturated carbocycles. The van der Waals surface area contributed by atoms with Crippen molar-refractivity contribution < 1.29 is 13.2 Å². The van der Waals surface area contributed by atoms with Gasteiger partial charge in [-0.15, -0.1) is 0 Å². The molecule has 8 heteroatoms. The minimum atomic E-state index is -3.29. The van der Waals surface area contributed by atoms with Crippen molar-refractivity contribution in [1.29, 1.82) is 0 Å². The van der Waals surface area contributed by atoms with Crippen LogP contribution in [0.1, 0.15) is 16.8 Å². The fourth-order valence-electron chi connectivity index (χ4n) is 2.53. The number of sulfonamides is 1. The molecular weight excluding hydrogens is 371 g/mol. The number of hydrogen-bond acceptors (Lipinski definition) is 3. The topological polar surface area (TPSA) is 66.5 Å². The second-order valence-corrected chi connectivity index (χ2v) is 8.15. The highest BCUT2D eigenvalue weighted by atomic mass is 35.5. The Morgan fingerprint density at radius 1 is 1.12 bits per heavy atom. The lowest BCUT2D eigenvalue weighted by molar-refractivity contribution is 0.102. The Kier molecular flexibility index (Phi) is 4.71. The van der Waals surface area contributed by atoms with E-state index in [1.54, 1.807) is 42.5 Å². The van der Waals surface area contributed by atoms with Crippen LogP contribution in [0.4, 0.5) is 11.4 Å². The van der Waals surface area contributed by atoms with Gasteiger partial charge in [0.15, 0.2) is 0 Å². The normalized spacial score (nSPS) is 16.2. The molecule has 1 heterocycles. The van der Waals surface area contributed by atoms with E-state index < -0.39 is 15.9 Å². The monoisotopic (exact) mass is 384 g/mol. The van der Waals surface area contributed by atoms with Gasteiger partial charge in [-0.3, -0.25) is 9.10 Å². The maximum Gasteiger partial charge on any atom is 0.255 e. The van der Waals surface area contributed by atoms with E-state index in [0.717, 1.165) is 0 Å². The maximum absolute atomic E-state index is 12.4. The number of anilines is 2. The Hall–Kier alpha value is -1.76. The molecule has 0 aliphatic carbocycles. The highest BCUT2D eigenvalue weighted by Crippen LogP contribution is 2.30. The van der Waals surface area contributed by atoms with Gasteiger partial charge in [0.05, 0.1) is 27.2 Å². The number of carbonyl (C=O) groups excluding carboxylic acids is 1. The third kappa shape index (κ3) is 3.36. The molecule has 1 amide bonds. The predicted molar refractivity (Wildman–Crippen MR) is 96.6 cm³/mol. The molecule has 24 heavy (non-hydrogen) atoms. The molecule has 1 aliphatic heterocycles. The van der Waals surface area contributed by atoms with E-state index in [0.29, 0.717) is 34.9 Å². The van der Waals surface area contributed by atoms with Gasteiger partial charge in [-0.1, -0.05) is 35.3 Å². The molecule has 1 fully saturated rings. The van der Waals surface area contributed by atoms with Gasteiger partial charge in [0.2, 0.25) is 10.0 Å². The molecule has 0 radical (unpaired) electrons. The van der Waals surface area contributed by atoms with Crippen molar-refractivity contribution in [1.82, 2.24) is 0 Å². The van der Waals surface area contributed by atoms with E-state index in [1.807, 2.05) is 0 Å². The number of amides is 1. The minimum Gasteiger partial charge on any atom is -0.321 e. The van der Waals surface area contributed by atoms with Crippen LogP contribution in [0.2, 0.25) is 10.0 Å². The molecule has 0 aromatic heterocycles. The van der Waals surface area contributed by atoms with Gasteiger partial charge in [0, 0.05) is 12.1 Å². The summed E-state index contributed by atoms with van der Waals surface area (Å²) in [6.45, 7) is 0.424. The SMILES string of the molecule is O=C(Nc1cccc(Cl)c1Cl)c1cccc(N2CCCS2(=O)=O)c1. The summed E-state index contributed by atoms with van der Waals surface area (Å²) in [5.41, 5.74) is 1.22. The van der Waals surface area contributed by atoms with E-state index >= 15 is 0 Å². The first-order chi connectivity index (χ1) is 11.4. The molecule has 0 atom stereocenters. The van der Waals surface area contributed by atoms with Gasteiger partial charge in [-0.05, 0) is 36.8 Å². The standard InChI is InChI=1S/C16H14Cl2N2O3S/c17-13-6-2-7-14(15(13)18)19-16(21)11-4-1-5-12(10-11)20-8-3-9-24(20,22)23/h1-2,4-7,10H,3,8-9H2,(H,19,21). The third-order valence-corrected chi connectivity index (χ3v) is 6.38. The lowest BCUT2D eigenvalue weighted by atomic mass is 10.1. The van der Waals surface area contributed by atoms with Crippen LogP contribution in [-0.2, 0) is 10.0 Å². The predicted octanol–water partition coefficient (Wildman–Crippen LogP) is 3.79. The number of nitrogens with zero attached hydrogens (tertiary/aromatic N) is 1. The molecular formula is C16H14Cl2N2O3S. The van der Waals surface area contributed by atoms with Crippen molar-refractivity contribution in [2.45, 2.75) is 6.42 Å². The Morgan fingerprint density at radius 3 is 2.58 bits per heavy atom. The summed E-state index contributed by atoms with van der Waals surface area (Å²) in [7, 11) is -3.29. The zero-order valence-corrected chi connectivity index (χ0v) is 14.8. The number of rotatable bonds is 3. The summed E-state index contributed by atoms with van der Waals surface area (Å²) in [6.07, 6.45) is 0.580. The quantitative estimate of drug-likeness (QED) is 0.875. The zero-order valence-electron chi connectivity index (χ0n) is 12.5. The average Bonchev–Trinajstić information content (AvgIpc) is 2.91. The second-order valence-electron chi connectivity index (χ2n) is 5.35. The minimum absolute atomic E-state index is 0.127. The van der Waals surface area contributed by atoms with Gasteiger partial charge in [0.25, 0.3) is 5.91 Å². The van der Waals surface area contributed by atoms with Crippen molar-refractivity contribution >= 4 is 50.5 Å². The van der Waals surface area contributed by atoms with E-state index in [2.05, 4.69) is 5.32 Å². The molecule has 5 nitrogen and oxygen atoms in total. The smallest absolute Gasteiger partial charge is 0.255 e. The van der Waals surface area contributed by atoms with Gasteiger partial charge < -0.3 is 5.32 Å². The van der Waals surface area contributed by atoms with E-state index in [1.165, 1.54) is 4.31 Å². The first kappa shape index (κ1) is 17.1. The summed E-state index contributed by atoms with van der Waals surface area (Å²) in [5.74, 6) is -0.265. The Bertz CT molecular complexity index is 900. The van der Waals surface area contributed by atoms with Crippen LogP contribution in [0.5, 0.6) is 0 Å². The summed E-state index contributed by atoms with van der Waals surface area (Å²) in [4.78, 5) is 12.4. The lowest BCUT2D eigenvalue weighted by Crippen LogP contribution is -2.25. The van der Waals surface area contributed by atoms with Crippen LogP contribution in [0.25, 0.3) is 0 Å². The number of halogens is 2. The zero-order chi connectivity index (χ0) is 17.3. The third-order valence-electron chi connectivity index (χ3n) is 3.70. The van der Waals surface area contributed by atoms with Crippen LogP contribution in [0.3, 0.4) is 0 Å². The first-order valence-corrected chi connectivity index (χ1v) is 9.61. The van der Waals surface area contributed by atoms with Crippen LogP contribution >= 0.6 is 23.2 Å². The average molecular weight is 385 g/mol. The fraction of sp³-hybridized carbons (Fsp3) is 0.188. The number of benzene rings is 2. The van der Waals surface area contributed by atoms with Crippen LogP contribution in [0, 0.1) is 0 Å². The van der Waals surface area contributed by atoms with Crippen molar-refractivity contribution in [3.05, 3.63) is 58.1 Å². The molecule has 1 aliphatic rings. The van der Waals surface area contributed by atoms with Gasteiger partial charge in [-0.25, -0.2) is 8.42 Å². The Morgan fingerprint density at radius 2 is 1.88 bits per heavy atom. The van der Waals surface area contributed by atoms with Crippen molar-refractivity contribution in [3.8, 4) is 0 Å².